The van der Waals surface area contributed by atoms with Gasteiger partial charge >= 0.3 is 0 Å². The van der Waals surface area contributed by atoms with Crippen LogP contribution < -0.4 is 5.32 Å². The van der Waals surface area contributed by atoms with Gasteiger partial charge in [-0.25, -0.2) is 0 Å². The van der Waals surface area contributed by atoms with Crippen LogP contribution >= 0.6 is 11.8 Å². The highest BCUT2D eigenvalue weighted by Gasteiger charge is 2.34. The van der Waals surface area contributed by atoms with Gasteiger partial charge in [0.25, 0.3) is 0 Å². The normalized spacial score (nSPS) is 35.2. The summed E-state index contributed by atoms with van der Waals surface area (Å²) in [7, 11) is 0. The van der Waals surface area contributed by atoms with E-state index >= 15 is 0 Å². The molecule has 1 rings (SSSR count). The molecule has 8 heavy (non-hydrogen) atoms. The molecule has 0 radical (unpaired) electrons. The van der Waals surface area contributed by atoms with Crippen molar-refractivity contribution in [1.29, 1.82) is 0 Å². The monoisotopic (exact) mass is 131 g/mol. The standard InChI is InChI=1S/C6H13NS/c1-3-7-5-4-6(5)8-2/h5-7H,3-4H2,1-2H3. The smallest absolute Gasteiger partial charge is 0.0214 e. The summed E-state index contributed by atoms with van der Waals surface area (Å²) < 4.78 is 0. The highest BCUT2D eigenvalue weighted by molar-refractivity contribution is 7.99. The van der Waals surface area contributed by atoms with Gasteiger partial charge in [-0.15, -0.1) is 0 Å². The first-order valence-electron chi connectivity index (χ1n) is 3.14. The zero-order valence-corrected chi connectivity index (χ0v) is 6.29. The van der Waals surface area contributed by atoms with Crippen molar-refractivity contribution in [2.24, 2.45) is 0 Å². The van der Waals surface area contributed by atoms with Crippen LogP contribution in [0.15, 0.2) is 0 Å². The van der Waals surface area contributed by atoms with Gasteiger partial charge in [0.15, 0.2) is 0 Å². The number of nitrogens with one attached hydrogen (secondary N) is 1. The minimum atomic E-state index is 0.843. The molecule has 0 aliphatic heterocycles. The Kier molecular flexibility index (Phi) is 2.20. The summed E-state index contributed by atoms with van der Waals surface area (Å²) in [4.78, 5) is 0. The fourth-order valence-electron chi connectivity index (χ4n) is 0.909. The molecule has 1 fully saturated rings. The fourth-order valence-corrected chi connectivity index (χ4v) is 1.73. The van der Waals surface area contributed by atoms with Crippen molar-refractivity contribution in [2.45, 2.75) is 24.6 Å². The van der Waals surface area contributed by atoms with Gasteiger partial charge < -0.3 is 5.32 Å². The first kappa shape index (κ1) is 6.43. The van der Waals surface area contributed by atoms with Crippen molar-refractivity contribution in [3.05, 3.63) is 0 Å². The SMILES string of the molecule is CCNC1CC1SC. The van der Waals surface area contributed by atoms with Gasteiger partial charge in [-0.2, -0.15) is 11.8 Å². The van der Waals surface area contributed by atoms with Crippen molar-refractivity contribution in [3.63, 3.8) is 0 Å². The topological polar surface area (TPSA) is 12.0 Å². The molecule has 0 spiro atoms. The van der Waals surface area contributed by atoms with Gasteiger partial charge in [0.1, 0.15) is 0 Å². The lowest BCUT2D eigenvalue weighted by Gasteiger charge is -1.94. The molecule has 2 atom stereocenters. The lowest BCUT2D eigenvalue weighted by Crippen LogP contribution is -2.17. The molecule has 1 saturated carbocycles. The summed E-state index contributed by atoms with van der Waals surface area (Å²) in [5.74, 6) is 0. The van der Waals surface area contributed by atoms with Crippen LogP contribution in [0.1, 0.15) is 13.3 Å². The maximum absolute atomic E-state index is 3.40. The van der Waals surface area contributed by atoms with E-state index in [1.54, 1.807) is 0 Å². The lowest BCUT2D eigenvalue weighted by molar-refractivity contribution is 0.723. The Labute approximate surface area is 55.2 Å². The van der Waals surface area contributed by atoms with Crippen LogP contribution in [0.3, 0.4) is 0 Å². The van der Waals surface area contributed by atoms with E-state index in [0.29, 0.717) is 0 Å². The van der Waals surface area contributed by atoms with E-state index in [2.05, 4.69) is 18.5 Å². The second-order valence-electron chi connectivity index (χ2n) is 2.17. The van der Waals surface area contributed by atoms with Crippen LogP contribution in [-0.2, 0) is 0 Å². The van der Waals surface area contributed by atoms with E-state index in [9.17, 15) is 0 Å². The molecule has 1 aliphatic rings. The van der Waals surface area contributed by atoms with Crippen molar-refractivity contribution in [1.82, 2.24) is 5.32 Å². The van der Waals surface area contributed by atoms with Crippen LogP contribution in [0.25, 0.3) is 0 Å². The third-order valence-electron chi connectivity index (χ3n) is 1.50. The molecule has 1 nitrogen and oxygen atoms in total. The molecule has 0 bridgehead atoms. The molecule has 0 saturated heterocycles. The maximum Gasteiger partial charge on any atom is 0.0214 e. The molecule has 0 amide bonds. The Morgan fingerprint density at radius 1 is 1.75 bits per heavy atom. The zero-order chi connectivity index (χ0) is 5.98. The first-order chi connectivity index (χ1) is 3.88. The zero-order valence-electron chi connectivity index (χ0n) is 5.48. The van der Waals surface area contributed by atoms with Crippen molar-refractivity contribution in [3.8, 4) is 0 Å². The second kappa shape index (κ2) is 2.74. The van der Waals surface area contributed by atoms with Crippen molar-refractivity contribution < 1.29 is 0 Å². The van der Waals surface area contributed by atoms with Crippen LogP contribution in [0.5, 0.6) is 0 Å². The van der Waals surface area contributed by atoms with Gasteiger partial charge in [-0.3, -0.25) is 0 Å². The van der Waals surface area contributed by atoms with E-state index in [-0.39, 0.29) is 0 Å². The van der Waals surface area contributed by atoms with E-state index in [4.69, 9.17) is 0 Å². The van der Waals surface area contributed by atoms with Crippen LogP contribution in [-0.4, -0.2) is 24.1 Å². The quantitative estimate of drug-likeness (QED) is 0.615. The predicted octanol–water partition coefficient (Wildman–Crippen LogP) is 1.10. The molecule has 2 heteroatoms. The molecule has 2 unspecified atom stereocenters. The number of hydrogen-bond acceptors (Lipinski definition) is 2. The van der Waals surface area contributed by atoms with Gasteiger partial charge in [0, 0.05) is 11.3 Å². The Balaban J connectivity index is 1.99. The molecule has 0 aromatic heterocycles. The summed E-state index contributed by atoms with van der Waals surface area (Å²) in [5.41, 5.74) is 0. The Morgan fingerprint density at radius 3 is 2.88 bits per heavy atom. The molecule has 0 aromatic rings. The highest BCUT2D eigenvalue weighted by Crippen LogP contribution is 2.32. The number of thioether (sulfide) groups is 1. The van der Waals surface area contributed by atoms with Gasteiger partial charge in [-0.05, 0) is 19.2 Å². The van der Waals surface area contributed by atoms with Crippen LogP contribution in [0, 0.1) is 0 Å². The van der Waals surface area contributed by atoms with Gasteiger partial charge in [-0.1, -0.05) is 6.92 Å². The Hall–Kier alpha value is 0.310. The first-order valence-corrected chi connectivity index (χ1v) is 4.43. The third kappa shape index (κ3) is 1.39. The second-order valence-corrected chi connectivity index (χ2v) is 3.25. The van der Waals surface area contributed by atoms with Gasteiger partial charge in [0.2, 0.25) is 0 Å². The fraction of sp³-hybridized carbons (Fsp3) is 1.00. The van der Waals surface area contributed by atoms with E-state index < -0.39 is 0 Å². The molecular formula is C6H13NS. The number of hydrogen-bond donors (Lipinski definition) is 1. The third-order valence-corrected chi connectivity index (χ3v) is 2.63. The number of rotatable bonds is 3. The van der Waals surface area contributed by atoms with Crippen LogP contribution in [0.4, 0.5) is 0 Å². The summed E-state index contributed by atoms with van der Waals surface area (Å²) in [6, 6.07) is 0.843. The maximum atomic E-state index is 3.40. The summed E-state index contributed by atoms with van der Waals surface area (Å²) in [5, 5.41) is 4.33. The van der Waals surface area contributed by atoms with E-state index in [0.717, 1.165) is 17.8 Å². The Bertz CT molecular complexity index is 74.9. The molecule has 1 N–H and O–H groups in total. The molecule has 1 aliphatic carbocycles. The van der Waals surface area contributed by atoms with Crippen molar-refractivity contribution >= 4 is 11.8 Å². The average Bonchev–Trinajstić information content (AvgIpc) is 2.48. The van der Waals surface area contributed by atoms with Crippen LogP contribution in [0.2, 0.25) is 0 Å². The molecule has 0 heterocycles. The predicted molar refractivity (Wildman–Crippen MR) is 39.4 cm³/mol. The minimum Gasteiger partial charge on any atom is -0.313 e. The average molecular weight is 131 g/mol. The Morgan fingerprint density at radius 2 is 2.50 bits per heavy atom. The minimum absolute atomic E-state index is 0.843. The van der Waals surface area contributed by atoms with Gasteiger partial charge in [0.05, 0.1) is 0 Å². The molecular weight excluding hydrogens is 118 g/mol. The molecule has 48 valence electrons. The summed E-state index contributed by atoms with van der Waals surface area (Å²) in [6.45, 7) is 3.29. The largest absolute Gasteiger partial charge is 0.313 e. The summed E-state index contributed by atoms with van der Waals surface area (Å²) >= 11 is 1.98. The van der Waals surface area contributed by atoms with E-state index in [1.165, 1.54) is 6.42 Å². The van der Waals surface area contributed by atoms with Crippen molar-refractivity contribution in [2.75, 3.05) is 12.8 Å². The van der Waals surface area contributed by atoms with E-state index in [1.807, 2.05) is 11.8 Å². The molecule has 0 aromatic carbocycles. The highest BCUT2D eigenvalue weighted by atomic mass is 32.2. The lowest BCUT2D eigenvalue weighted by atomic mass is 10.6. The summed E-state index contributed by atoms with van der Waals surface area (Å²) in [6.07, 6.45) is 3.57.